The Labute approximate surface area is 230 Å². The number of sulfonamides is 1. The van der Waals surface area contributed by atoms with Gasteiger partial charge in [0, 0.05) is 23.6 Å². The Hall–Kier alpha value is -3.46. The summed E-state index contributed by atoms with van der Waals surface area (Å²) in [6, 6.07) is 13.6. The molecule has 4 rings (SSSR count). The molecule has 14 heteroatoms. The molecule has 4 aromatic rings. The standard InChI is InChI=1S/C24H22BrN5O6S2/c1-3-4-13-28(2)38(34,35)19-9-5-16(6-10-19)23(31)29(26-15-18-8-12-22(36-18)30(32)33)24-27-20-11-7-17(25)14-21(20)37-24/h5-12,14-15H,3-4,13H2,1-2H3/b26-15+. The Morgan fingerprint density at radius 3 is 2.61 bits per heavy atom. The summed E-state index contributed by atoms with van der Waals surface area (Å²) in [7, 11) is -2.18. The van der Waals surface area contributed by atoms with Gasteiger partial charge in [-0.15, -0.1) is 0 Å². The Balaban J connectivity index is 1.68. The lowest BCUT2D eigenvalue weighted by Gasteiger charge is -2.17. The first-order chi connectivity index (χ1) is 18.1. The van der Waals surface area contributed by atoms with E-state index >= 15 is 0 Å². The van der Waals surface area contributed by atoms with E-state index in [2.05, 4.69) is 26.0 Å². The number of rotatable bonds is 10. The topological polar surface area (TPSA) is 139 Å². The number of hydrazone groups is 1. The van der Waals surface area contributed by atoms with E-state index in [1.165, 1.54) is 65.3 Å². The number of nitrogens with zero attached hydrogens (tertiary/aromatic N) is 5. The second kappa shape index (κ2) is 11.5. The lowest BCUT2D eigenvalue weighted by atomic mass is 10.2. The largest absolute Gasteiger partial charge is 0.433 e. The number of carbonyl (C=O) groups is 1. The van der Waals surface area contributed by atoms with Crippen LogP contribution in [0.1, 0.15) is 35.9 Å². The third-order valence-corrected chi connectivity index (χ3v) is 8.80. The van der Waals surface area contributed by atoms with Crippen LogP contribution >= 0.6 is 27.3 Å². The maximum Gasteiger partial charge on any atom is 0.433 e. The Morgan fingerprint density at radius 2 is 1.95 bits per heavy atom. The Kier molecular flexibility index (Phi) is 8.35. The molecule has 11 nitrogen and oxygen atoms in total. The van der Waals surface area contributed by atoms with Crippen LogP contribution in [0.15, 0.2) is 73.5 Å². The number of amides is 1. The van der Waals surface area contributed by atoms with Crippen LogP contribution in [-0.2, 0) is 10.0 Å². The number of anilines is 1. The molecular weight excluding hydrogens is 598 g/mol. The summed E-state index contributed by atoms with van der Waals surface area (Å²) in [5, 5.41) is 16.4. The van der Waals surface area contributed by atoms with Crippen molar-refractivity contribution in [2.24, 2.45) is 5.10 Å². The number of benzene rings is 2. The first-order valence-electron chi connectivity index (χ1n) is 11.4. The predicted molar refractivity (Wildman–Crippen MR) is 148 cm³/mol. The van der Waals surface area contributed by atoms with Gasteiger partial charge in [-0.2, -0.15) is 10.1 Å². The zero-order chi connectivity index (χ0) is 27.4. The minimum atomic E-state index is -3.70. The SMILES string of the molecule is CCCCN(C)S(=O)(=O)c1ccc(C(=O)N(/N=C/c2ccc([N+](=O)[O-])o2)c2nc3ccc(Br)cc3s2)cc1. The number of nitro groups is 1. The fourth-order valence-electron chi connectivity index (χ4n) is 3.36. The number of thiazole rings is 1. The Morgan fingerprint density at radius 1 is 1.21 bits per heavy atom. The zero-order valence-corrected chi connectivity index (χ0v) is 23.5. The van der Waals surface area contributed by atoms with Gasteiger partial charge >= 0.3 is 5.88 Å². The lowest BCUT2D eigenvalue weighted by Crippen LogP contribution is -2.28. The second-order valence-corrected chi connectivity index (χ2v) is 12.1. The lowest BCUT2D eigenvalue weighted by molar-refractivity contribution is -0.402. The highest BCUT2D eigenvalue weighted by Gasteiger charge is 2.24. The van der Waals surface area contributed by atoms with Gasteiger partial charge in [0.2, 0.25) is 15.2 Å². The zero-order valence-electron chi connectivity index (χ0n) is 20.3. The molecule has 2 aromatic heterocycles. The van der Waals surface area contributed by atoms with Gasteiger partial charge in [0.25, 0.3) is 5.91 Å². The summed E-state index contributed by atoms with van der Waals surface area (Å²) in [4.78, 5) is 28.3. The van der Waals surface area contributed by atoms with E-state index < -0.39 is 26.7 Å². The molecule has 1 amide bonds. The highest BCUT2D eigenvalue weighted by Crippen LogP contribution is 2.32. The molecule has 0 aliphatic carbocycles. The highest BCUT2D eigenvalue weighted by atomic mass is 79.9. The fraction of sp³-hybridized carbons (Fsp3) is 0.208. The third kappa shape index (κ3) is 5.99. The molecule has 2 heterocycles. The van der Waals surface area contributed by atoms with Crippen LogP contribution in [-0.4, -0.2) is 48.3 Å². The molecule has 0 N–H and O–H groups in total. The molecule has 38 heavy (non-hydrogen) atoms. The number of halogens is 1. The van der Waals surface area contributed by atoms with Crippen molar-refractivity contribution >= 4 is 70.6 Å². The van der Waals surface area contributed by atoms with E-state index in [9.17, 15) is 23.3 Å². The Bertz CT molecular complexity index is 1610. The fourth-order valence-corrected chi connectivity index (χ4v) is 6.05. The number of fused-ring (bicyclic) bond motifs is 1. The number of furan rings is 1. The minimum Gasteiger partial charge on any atom is -0.400 e. The molecule has 0 bridgehead atoms. The van der Waals surface area contributed by atoms with E-state index in [0.717, 1.165) is 27.0 Å². The normalized spacial score (nSPS) is 12.0. The van der Waals surface area contributed by atoms with Crippen LogP contribution in [0.4, 0.5) is 11.0 Å². The van der Waals surface area contributed by atoms with E-state index in [0.29, 0.717) is 12.1 Å². The molecule has 0 aliphatic heterocycles. The molecule has 0 saturated heterocycles. The number of carbonyl (C=O) groups excluding carboxylic acids is 1. The van der Waals surface area contributed by atoms with Crippen molar-refractivity contribution in [3.63, 3.8) is 0 Å². The average molecular weight is 621 g/mol. The summed E-state index contributed by atoms with van der Waals surface area (Å²) in [6.07, 6.45) is 2.77. The number of aromatic nitrogens is 1. The van der Waals surface area contributed by atoms with Gasteiger partial charge in [-0.05, 0) is 55.0 Å². The van der Waals surface area contributed by atoms with Gasteiger partial charge in [0.1, 0.15) is 4.92 Å². The van der Waals surface area contributed by atoms with Crippen molar-refractivity contribution in [2.75, 3.05) is 18.6 Å². The van der Waals surface area contributed by atoms with Crippen molar-refractivity contribution in [1.82, 2.24) is 9.29 Å². The van der Waals surface area contributed by atoms with Crippen molar-refractivity contribution < 1.29 is 22.6 Å². The van der Waals surface area contributed by atoms with Gasteiger partial charge in [-0.3, -0.25) is 14.9 Å². The van der Waals surface area contributed by atoms with E-state index in [-0.39, 0.29) is 21.4 Å². The van der Waals surface area contributed by atoms with E-state index in [1.807, 2.05) is 19.1 Å². The minimum absolute atomic E-state index is 0.0647. The van der Waals surface area contributed by atoms with Gasteiger partial charge in [0.05, 0.1) is 27.4 Å². The van der Waals surface area contributed by atoms with Gasteiger partial charge in [0.15, 0.2) is 5.76 Å². The first kappa shape index (κ1) is 27.6. The quantitative estimate of drug-likeness (QED) is 0.127. The van der Waals surface area contributed by atoms with Crippen LogP contribution in [0.3, 0.4) is 0 Å². The first-order valence-corrected chi connectivity index (χ1v) is 14.4. The van der Waals surface area contributed by atoms with E-state index in [1.54, 1.807) is 6.07 Å². The molecule has 0 radical (unpaired) electrons. The molecule has 0 atom stereocenters. The van der Waals surface area contributed by atoms with Crippen molar-refractivity contribution in [3.8, 4) is 0 Å². The summed E-state index contributed by atoms with van der Waals surface area (Å²) in [6.45, 7) is 2.37. The molecule has 0 unspecified atom stereocenters. The van der Waals surface area contributed by atoms with Gasteiger partial charge in [-0.25, -0.2) is 17.7 Å². The van der Waals surface area contributed by atoms with Gasteiger partial charge in [-0.1, -0.05) is 40.6 Å². The number of unbranched alkanes of at least 4 members (excludes halogenated alkanes) is 1. The average Bonchev–Trinajstić information content (AvgIpc) is 3.54. The summed E-state index contributed by atoms with van der Waals surface area (Å²) in [5.74, 6) is -0.978. The number of hydrogen-bond acceptors (Lipinski definition) is 9. The van der Waals surface area contributed by atoms with Crippen LogP contribution in [0, 0.1) is 10.1 Å². The summed E-state index contributed by atoms with van der Waals surface area (Å²) >= 11 is 4.63. The number of hydrogen-bond donors (Lipinski definition) is 0. The maximum atomic E-state index is 13.5. The molecule has 0 spiro atoms. The van der Waals surface area contributed by atoms with Crippen LogP contribution in [0.2, 0.25) is 0 Å². The van der Waals surface area contributed by atoms with Crippen molar-refractivity contribution in [2.45, 2.75) is 24.7 Å². The summed E-state index contributed by atoms with van der Waals surface area (Å²) < 4.78 is 33.7. The van der Waals surface area contributed by atoms with Crippen LogP contribution in [0.5, 0.6) is 0 Å². The predicted octanol–water partition coefficient (Wildman–Crippen LogP) is 5.66. The van der Waals surface area contributed by atoms with E-state index in [4.69, 9.17) is 4.42 Å². The molecule has 0 aliphatic rings. The van der Waals surface area contributed by atoms with Crippen LogP contribution in [0.25, 0.3) is 10.2 Å². The van der Waals surface area contributed by atoms with Crippen LogP contribution < -0.4 is 5.01 Å². The monoisotopic (exact) mass is 619 g/mol. The molecular formula is C24H22BrN5O6S2. The third-order valence-electron chi connectivity index (χ3n) is 5.44. The molecule has 0 fully saturated rings. The molecule has 0 saturated carbocycles. The second-order valence-electron chi connectivity index (χ2n) is 8.11. The maximum absolute atomic E-state index is 13.5. The van der Waals surface area contributed by atoms with Crippen molar-refractivity contribution in [3.05, 3.63) is 80.5 Å². The molecule has 2 aromatic carbocycles. The van der Waals surface area contributed by atoms with Crippen molar-refractivity contribution in [1.29, 1.82) is 0 Å². The molecule has 198 valence electrons. The van der Waals surface area contributed by atoms with Gasteiger partial charge < -0.3 is 4.42 Å². The summed E-state index contributed by atoms with van der Waals surface area (Å²) in [5.41, 5.74) is 0.814. The smallest absolute Gasteiger partial charge is 0.400 e. The highest BCUT2D eigenvalue weighted by molar-refractivity contribution is 9.10.